The second kappa shape index (κ2) is 8.52. The first-order valence-electron chi connectivity index (χ1n) is 10.3. The molecule has 0 saturated carbocycles. The van der Waals surface area contributed by atoms with Crippen LogP contribution in [0, 0.1) is 19.8 Å². The number of thiocarbonyl (C=S) groups is 1. The van der Waals surface area contributed by atoms with Crippen LogP contribution >= 0.6 is 28.1 Å². The maximum Gasteiger partial charge on any atom is 0.170 e. The van der Waals surface area contributed by atoms with Gasteiger partial charge in [-0.05, 0) is 80.0 Å². The zero-order chi connectivity index (χ0) is 21.4. The molecule has 4 nitrogen and oxygen atoms in total. The number of hydrogen-bond donors (Lipinski definition) is 1. The molecule has 1 N–H and O–H groups in total. The molecule has 1 saturated heterocycles. The van der Waals surface area contributed by atoms with Crippen molar-refractivity contribution in [3.05, 3.63) is 81.8 Å². The number of benzene rings is 1. The van der Waals surface area contributed by atoms with Gasteiger partial charge in [0.15, 0.2) is 5.11 Å². The third kappa shape index (κ3) is 3.91. The summed E-state index contributed by atoms with van der Waals surface area (Å²) in [4.78, 5) is 6.99. The van der Waals surface area contributed by atoms with Gasteiger partial charge in [0, 0.05) is 34.3 Å². The number of rotatable bonds is 5. The van der Waals surface area contributed by atoms with Gasteiger partial charge in [-0.3, -0.25) is 4.98 Å². The molecule has 1 aliphatic rings. The molecule has 0 amide bonds. The van der Waals surface area contributed by atoms with E-state index in [0.717, 1.165) is 27.5 Å². The zero-order valence-electron chi connectivity index (χ0n) is 17.8. The Morgan fingerprint density at radius 1 is 1.13 bits per heavy atom. The van der Waals surface area contributed by atoms with E-state index in [-0.39, 0.29) is 12.1 Å². The minimum Gasteiger partial charge on any atom is -0.352 e. The van der Waals surface area contributed by atoms with Crippen LogP contribution < -0.4 is 5.32 Å². The summed E-state index contributed by atoms with van der Waals surface area (Å²) in [5, 5.41) is 4.36. The monoisotopic (exact) mass is 482 g/mol. The molecule has 1 fully saturated rings. The Morgan fingerprint density at radius 3 is 2.50 bits per heavy atom. The first-order valence-corrected chi connectivity index (χ1v) is 11.5. The van der Waals surface area contributed by atoms with Gasteiger partial charge in [-0.1, -0.05) is 35.8 Å². The van der Waals surface area contributed by atoms with Gasteiger partial charge >= 0.3 is 0 Å². The van der Waals surface area contributed by atoms with Crippen molar-refractivity contribution in [2.45, 2.75) is 39.8 Å². The molecule has 0 aliphatic carbocycles. The zero-order valence-corrected chi connectivity index (χ0v) is 20.2. The van der Waals surface area contributed by atoms with E-state index >= 15 is 0 Å². The molecule has 2 aromatic heterocycles. The molecule has 3 aromatic rings. The number of aryl methyl sites for hydroxylation is 1. The predicted octanol–water partition coefficient (Wildman–Crippen LogP) is 5.88. The van der Waals surface area contributed by atoms with Crippen LogP contribution in [0.1, 0.15) is 48.6 Å². The van der Waals surface area contributed by atoms with E-state index in [0.29, 0.717) is 5.92 Å². The average molecular weight is 483 g/mol. The van der Waals surface area contributed by atoms with Crippen molar-refractivity contribution in [3.63, 3.8) is 0 Å². The first-order chi connectivity index (χ1) is 14.4. The summed E-state index contributed by atoms with van der Waals surface area (Å²) < 4.78 is 3.41. The van der Waals surface area contributed by atoms with Crippen LogP contribution in [-0.2, 0) is 0 Å². The number of halogens is 1. The highest BCUT2D eigenvalue weighted by atomic mass is 79.9. The smallest absolute Gasteiger partial charge is 0.170 e. The second-order valence-electron chi connectivity index (χ2n) is 8.31. The van der Waals surface area contributed by atoms with E-state index < -0.39 is 0 Å². The normalized spacial score (nSPS) is 18.9. The standard InChI is InChI=1S/C24H27BrN4S/c1-15(2)14-28-23(22(27-24(28)30)21-7-5-6-12-26-21)20-13-16(3)29(17(20)4)19-10-8-18(25)9-11-19/h5-13,15,22-23H,14H2,1-4H3,(H,27,30)/t22-,23-/m0/s1. The number of pyridine rings is 1. The fourth-order valence-corrected chi connectivity index (χ4v) is 4.99. The van der Waals surface area contributed by atoms with Crippen molar-refractivity contribution in [1.82, 2.24) is 19.8 Å². The highest BCUT2D eigenvalue weighted by Gasteiger charge is 2.41. The Labute approximate surface area is 192 Å². The molecule has 4 rings (SSSR count). The maximum atomic E-state index is 5.78. The fraction of sp³-hybridized carbons (Fsp3) is 0.333. The van der Waals surface area contributed by atoms with E-state index in [2.05, 4.69) is 99.8 Å². The van der Waals surface area contributed by atoms with Gasteiger partial charge in [0.1, 0.15) is 0 Å². The van der Waals surface area contributed by atoms with E-state index in [1.54, 1.807) is 0 Å². The van der Waals surface area contributed by atoms with Crippen LogP contribution in [0.3, 0.4) is 0 Å². The Hall–Kier alpha value is -2.18. The Balaban J connectivity index is 1.83. The van der Waals surface area contributed by atoms with Gasteiger partial charge in [-0.15, -0.1) is 0 Å². The van der Waals surface area contributed by atoms with E-state index in [9.17, 15) is 0 Å². The molecule has 1 aromatic carbocycles. The van der Waals surface area contributed by atoms with Crippen LogP contribution in [-0.4, -0.2) is 26.1 Å². The molecule has 0 radical (unpaired) electrons. The fourth-order valence-electron chi connectivity index (χ4n) is 4.41. The van der Waals surface area contributed by atoms with E-state index in [1.165, 1.54) is 17.0 Å². The minimum atomic E-state index is 0.0244. The minimum absolute atomic E-state index is 0.0244. The van der Waals surface area contributed by atoms with Crippen LogP contribution in [0.2, 0.25) is 0 Å². The number of aromatic nitrogens is 2. The van der Waals surface area contributed by atoms with Crippen molar-refractivity contribution in [2.24, 2.45) is 5.92 Å². The Morgan fingerprint density at radius 2 is 1.87 bits per heavy atom. The summed E-state index contributed by atoms with van der Waals surface area (Å²) in [5.74, 6) is 0.504. The summed E-state index contributed by atoms with van der Waals surface area (Å²) in [7, 11) is 0. The van der Waals surface area contributed by atoms with Gasteiger partial charge in [0.2, 0.25) is 0 Å². The van der Waals surface area contributed by atoms with Crippen molar-refractivity contribution >= 4 is 33.3 Å². The molecular formula is C24H27BrN4S. The lowest BCUT2D eigenvalue weighted by atomic mass is 9.96. The largest absolute Gasteiger partial charge is 0.352 e. The summed E-state index contributed by atoms with van der Waals surface area (Å²) >= 11 is 9.32. The molecule has 30 heavy (non-hydrogen) atoms. The van der Waals surface area contributed by atoms with Crippen molar-refractivity contribution < 1.29 is 0 Å². The van der Waals surface area contributed by atoms with Gasteiger partial charge < -0.3 is 14.8 Å². The summed E-state index contributed by atoms with van der Waals surface area (Å²) in [5.41, 5.74) is 5.93. The molecular weight excluding hydrogens is 456 g/mol. The summed E-state index contributed by atoms with van der Waals surface area (Å²) in [6.45, 7) is 9.75. The average Bonchev–Trinajstić information content (AvgIpc) is 3.19. The van der Waals surface area contributed by atoms with Crippen LogP contribution in [0.5, 0.6) is 0 Å². The number of nitrogens with one attached hydrogen (secondary N) is 1. The van der Waals surface area contributed by atoms with Crippen molar-refractivity contribution in [2.75, 3.05) is 6.54 Å². The van der Waals surface area contributed by atoms with Gasteiger partial charge in [0.05, 0.1) is 17.8 Å². The van der Waals surface area contributed by atoms with Gasteiger partial charge in [-0.25, -0.2) is 0 Å². The lowest BCUT2D eigenvalue weighted by Gasteiger charge is -2.29. The molecule has 3 heterocycles. The van der Waals surface area contributed by atoms with Crippen LogP contribution in [0.15, 0.2) is 59.2 Å². The first kappa shape index (κ1) is 21.1. The Kier molecular flexibility index (Phi) is 5.98. The number of hydrogen-bond acceptors (Lipinski definition) is 2. The van der Waals surface area contributed by atoms with Gasteiger partial charge in [-0.2, -0.15) is 0 Å². The molecule has 0 spiro atoms. The topological polar surface area (TPSA) is 33.1 Å². The predicted molar refractivity (Wildman–Crippen MR) is 130 cm³/mol. The summed E-state index contributed by atoms with van der Waals surface area (Å²) in [6, 6.07) is 17.0. The molecule has 156 valence electrons. The van der Waals surface area contributed by atoms with Crippen LogP contribution in [0.4, 0.5) is 0 Å². The third-order valence-corrected chi connectivity index (χ3v) is 6.51. The van der Waals surface area contributed by atoms with E-state index in [4.69, 9.17) is 12.2 Å². The maximum absolute atomic E-state index is 5.78. The lowest BCUT2D eigenvalue weighted by Crippen LogP contribution is -2.33. The highest BCUT2D eigenvalue weighted by molar-refractivity contribution is 9.10. The van der Waals surface area contributed by atoms with Crippen molar-refractivity contribution in [1.29, 1.82) is 0 Å². The molecule has 1 aliphatic heterocycles. The summed E-state index contributed by atoms with van der Waals surface area (Å²) in [6.07, 6.45) is 1.85. The number of nitrogens with zero attached hydrogens (tertiary/aromatic N) is 3. The van der Waals surface area contributed by atoms with Gasteiger partial charge in [0.25, 0.3) is 0 Å². The molecule has 0 bridgehead atoms. The molecule has 2 atom stereocenters. The quantitative estimate of drug-likeness (QED) is 0.460. The Bertz CT molecular complexity index is 1040. The SMILES string of the molecule is Cc1cc([C@H]2[C@H](c3ccccn3)NC(=S)N2CC(C)C)c(C)n1-c1ccc(Br)cc1. The molecule has 0 unspecified atom stereocenters. The second-order valence-corrected chi connectivity index (χ2v) is 9.61. The van der Waals surface area contributed by atoms with Crippen molar-refractivity contribution in [3.8, 4) is 5.69 Å². The van der Waals surface area contributed by atoms with E-state index in [1.807, 2.05) is 18.3 Å². The third-order valence-electron chi connectivity index (χ3n) is 5.63. The molecule has 6 heteroatoms. The lowest BCUT2D eigenvalue weighted by molar-refractivity contribution is 0.287. The van der Waals surface area contributed by atoms with Crippen LogP contribution in [0.25, 0.3) is 5.69 Å². The highest BCUT2D eigenvalue weighted by Crippen LogP contribution is 2.41.